The molecule has 4 N–H and O–H groups in total. The standard InChI is InChI=1S/C12H16ClN3O2/c13-7-5-6-10(16-11(7)12(17)18)15-9-4-2-1-3-8(9)14/h5-6,8-9H,1-4,14H2,(H,15,16)(H,17,18). The van der Waals surface area contributed by atoms with Crippen LogP contribution in [0, 0.1) is 0 Å². The minimum absolute atomic E-state index is 0.0875. The summed E-state index contributed by atoms with van der Waals surface area (Å²) in [5, 5.41) is 12.3. The van der Waals surface area contributed by atoms with Gasteiger partial charge in [-0.3, -0.25) is 0 Å². The highest BCUT2D eigenvalue weighted by molar-refractivity contribution is 6.33. The van der Waals surface area contributed by atoms with Crippen LogP contribution in [0.15, 0.2) is 12.1 Å². The van der Waals surface area contributed by atoms with Crippen molar-refractivity contribution in [3.63, 3.8) is 0 Å². The molecule has 2 unspecified atom stereocenters. The number of aromatic nitrogens is 1. The second kappa shape index (κ2) is 5.54. The summed E-state index contributed by atoms with van der Waals surface area (Å²) in [6, 6.07) is 3.45. The second-order valence-electron chi connectivity index (χ2n) is 4.53. The number of halogens is 1. The van der Waals surface area contributed by atoms with E-state index in [-0.39, 0.29) is 22.8 Å². The molecular formula is C12H16ClN3O2. The molecule has 18 heavy (non-hydrogen) atoms. The molecule has 0 saturated heterocycles. The van der Waals surface area contributed by atoms with Gasteiger partial charge in [0, 0.05) is 12.1 Å². The predicted octanol–water partition coefficient (Wildman–Crippen LogP) is 2.11. The molecule has 1 fully saturated rings. The fourth-order valence-electron chi connectivity index (χ4n) is 2.20. The fraction of sp³-hybridized carbons (Fsp3) is 0.500. The van der Waals surface area contributed by atoms with E-state index in [9.17, 15) is 4.79 Å². The Kier molecular flexibility index (Phi) is 4.04. The molecule has 1 aliphatic carbocycles. The van der Waals surface area contributed by atoms with Crippen LogP contribution in [0.25, 0.3) is 0 Å². The van der Waals surface area contributed by atoms with Crippen molar-refractivity contribution in [3.05, 3.63) is 22.8 Å². The average molecular weight is 270 g/mol. The second-order valence-corrected chi connectivity index (χ2v) is 4.94. The molecule has 0 aromatic carbocycles. The fourth-order valence-corrected chi connectivity index (χ4v) is 2.39. The molecule has 0 aliphatic heterocycles. The van der Waals surface area contributed by atoms with Gasteiger partial charge >= 0.3 is 5.97 Å². The van der Waals surface area contributed by atoms with Gasteiger partial charge in [0.15, 0.2) is 5.69 Å². The van der Waals surface area contributed by atoms with Gasteiger partial charge in [-0.2, -0.15) is 0 Å². The molecule has 0 bridgehead atoms. The first kappa shape index (κ1) is 13.1. The third kappa shape index (κ3) is 2.91. The van der Waals surface area contributed by atoms with Crippen LogP contribution >= 0.6 is 11.6 Å². The number of nitrogens with zero attached hydrogens (tertiary/aromatic N) is 1. The number of nitrogens with one attached hydrogen (secondary N) is 1. The lowest BCUT2D eigenvalue weighted by Gasteiger charge is -2.29. The number of hydrogen-bond donors (Lipinski definition) is 3. The zero-order valence-corrected chi connectivity index (χ0v) is 10.7. The van der Waals surface area contributed by atoms with Crippen LogP contribution in [0.5, 0.6) is 0 Å². The van der Waals surface area contributed by atoms with Crippen molar-refractivity contribution >= 4 is 23.4 Å². The first-order chi connectivity index (χ1) is 8.58. The van der Waals surface area contributed by atoms with Crippen molar-refractivity contribution < 1.29 is 9.90 Å². The highest BCUT2D eigenvalue weighted by Crippen LogP contribution is 2.22. The van der Waals surface area contributed by atoms with E-state index in [1.54, 1.807) is 6.07 Å². The molecule has 0 radical (unpaired) electrons. The number of carbonyl (C=O) groups is 1. The van der Waals surface area contributed by atoms with Crippen LogP contribution in [0.2, 0.25) is 5.02 Å². The Hall–Kier alpha value is -1.33. The molecule has 1 heterocycles. The van der Waals surface area contributed by atoms with Gasteiger partial charge in [0.1, 0.15) is 5.82 Å². The van der Waals surface area contributed by atoms with E-state index in [1.807, 2.05) is 0 Å². The van der Waals surface area contributed by atoms with Gasteiger partial charge in [0.25, 0.3) is 0 Å². The van der Waals surface area contributed by atoms with Crippen LogP contribution in [-0.2, 0) is 0 Å². The van der Waals surface area contributed by atoms with Crippen molar-refractivity contribution in [2.24, 2.45) is 5.73 Å². The van der Waals surface area contributed by atoms with Crippen LogP contribution in [0.1, 0.15) is 36.2 Å². The summed E-state index contributed by atoms with van der Waals surface area (Å²) in [7, 11) is 0. The summed E-state index contributed by atoms with van der Waals surface area (Å²) >= 11 is 5.77. The Bertz CT molecular complexity index is 453. The maximum Gasteiger partial charge on any atom is 0.356 e. The van der Waals surface area contributed by atoms with E-state index in [4.69, 9.17) is 22.4 Å². The zero-order valence-electron chi connectivity index (χ0n) is 9.90. The van der Waals surface area contributed by atoms with Gasteiger partial charge in [-0.15, -0.1) is 0 Å². The lowest BCUT2D eigenvalue weighted by molar-refractivity contribution is 0.0691. The lowest BCUT2D eigenvalue weighted by Crippen LogP contribution is -2.42. The highest BCUT2D eigenvalue weighted by atomic mass is 35.5. The highest BCUT2D eigenvalue weighted by Gasteiger charge is 2.22. The number of aromatic carboxylic acids is 1. The van der Waals surface area contributed by atoms with Crippen LogP contribution in [0.4, 0.5) is 5.82 Å². The topological polar surface area (TPSA) is 88.2 Å². The summed E-state index contributed by atoms with van der Waals surface area (Å²) in [6.45, 7) is 0. The maximum atomic E-state index is 10.9. The Morgan fingerprint density at radius 2 is 2.17 bits per heavy atom. The minimum atomic E-state index is -1.13. The van der Waals surface area contributed by atoms with Crippen LogP contribution < -0.4 is 11.1 Å². The summed E-state index contributed by atoms with van der Waals surface area (Å²) in [5.41, 5.74) is 5.89. The SMILES string of the molecule is NC1CCCCC1Nc1ccc(Cl)c(C(=O)O)n1. The van der Waals surface area contributed by atoms with Gasteiger partial charge in [-0.05, 0) is 25.0 Å². The number of rotatable bonds is 3. The molecule has 1 saturated carbocycles. The van der Waals surface area contributed by atoms with E-state index in [0.717, 1.165) is 25.7 Å². The Balaban J connectivity index is 2.14. The Morgan fingerprint density at radius 3 is 2.83 bits per heavy atom. The number of hydrogen-bond acceptors (Lipinski definition) is 4. The quantitative estimate of drug-likeness (QED) is 0.782. The molecule has 98 valence electrons. The Labute approximate surface area is 110 Å². The minimum Gasteiger partial charge on any atom is -0.476 e. The smallest absolute Gasteiger partial charge is 0.356 e. The number of anilines is 1. The molecular weight excluding hydrogens is 254 g/mol. The lowest BCUT2D eigenvalue weighted by atomic mass is 9.91. The molecule has 1 aliphatic rings. The van der Waals surface area contributed by atoms with E-state index < -0.39 is 5.97 Å². The largest absolute Gasteiger partial charge is 0.476 e. The molecule has 0 spiro atoms. The molecule has 1 aromatic heterocycles. The summed E-state index contributed by atoms with van der Waals surface area (Å²) < 4.78 is 0. The normalized spacial score (nSPS) is 23.7. The van der Waals surface area contributed by atoms with E-state index in [1.165, 1.54) is 6.07 Å². The van der Waals surface area contributed by atoms with Gasteiger partial charge in [0.2, 0.25) is 0 Å². The molecule has 2 rings (SSSR count). The van der Waals surface area contributed by atoms with Gasteiger partial charge in [0.05, 0.1) is 5.02 Å². The molecule has 1 aromatic rings. The maximum absolute atomic E-state index is 10.9. The van der Waals surface area contributed by atoms with E-state index >= 15 is 0 Å². The van der Waals surface area contributed by atoms with Crippen LogP contribution in [-0.4, -0.2) is 28.1 Å². The van der Waals surface area contributed by atoms with Gasteiger partial charge in [-0.25, -0.2) is 9.78 Å². The first-order valence-corrected chi connectivity index (χ1v) is 6.37. The molecule has 0 amide bonds. The molecule has 6 heteroatoms. The third-order valence-electron chi connectivity index (χ3n) is 3.20. The number of nitrogens with two attached hydrogens (primary N) is 1. The number of pyridine rings is 1. The molecule has 5 nitrogen and oxygen atoms in total. The van der Waals surface area contributed by atoms with Crippen molar-refractivity contribution in [3.8, 4) is 0 Å². The first-order valence-electron chi connectivity index (χ1n) is 6.00. The van der Waals surface area contributed by atoms with Crippen molar-refractivity contribution in [1.29, 1.82) is 0 Å². The average Bonchev–Trinajstić information content (AvgIpc) is 2.34. The summed E-state index contributed by atoms with van der Waals surface area (Å²) in [5.74, 6) is -0.615. The van der Waals surface area contributed by atoms with Crippen molar-refractivity contribution in [1.82, 2.24) is 4.98 Å². The van der Waals surface area contributed by atoms with E-state index in [2.05, 4.69) is 10.3 Å². The monoisotopic (exact) mass is 269 g/mol. The van der Waals surface area contributed by atoms with E-state index in [0.29, 0.717) is 5.82 Å². The van der Waals surface area contributed by atoms with Crippen molar-refractivity contribution in [2.75, 3.05) is 5.32 Å². The number of carboxylic acid groups (broad SMARTS) is 1. The Morgan fingerprint density at radius 1 is 1.44 bits per heavy atom. The predicted molar refractivity (Wildman–Crippen MR) is 70.1 cm³/mol. The zero-order chi connectivity index (χ0) is 13.1. The number of carboxylic acids is 1. The van der Waals surface area contributed by atoms with Gasteiger partial charge < -0.3 is 16.2 Å². The third-order valence-corrected chi connectivity index (χ3v) is 3.51. The van der Waals surface area contributed by atoms with Gasteiger partial charge in [-0.1, -0.05) is 24.4 Å². The molecule has 2 atom stereocenters. The summed E-state index contributed by atoms with van der Waals surface area (Å²) in [4.78, 5) is 14.9. The van der Waals surface area contributed by atoms with Crippen LogP contribution in [0.3, 0.4) is 0 Å². The summed E-state index contributed by atoms with van der Waals surface area (Å²) in [6.07, 6.45) is 4.24. The van der Waals surface area contributed by atoms with Crippen molar-refractivity contribution in [2.45, 2.75) is 37.8 Å².